The molecular weight excluding hydrogens is 358 g/mol. The van der Waals surface area contributed by atoms with Gasteiger partial charge in [0.2, 0.25) is 0 Å². The van der Waals surface area contributed by atoms with Crippen molar-refractivity contribution >= 4 is 32.6 Å². The van der Waals surface area contributed by atoms with Crippen LogP contribution < -0.4 is 4.90 Å². The highest BCUT2D eigenvalue weighted by Gasteiger charge is 2.24. The third-order valence-corrected chi connectivity index (χ3v) is 5.38. The van der Waals surface area contributed by atoms with Crippen molar-refractivity contribution in [2.75, 3.05) is 4.90 Å². The number of nitrogens with zero attached hydrogens (tertiary/aromatic N) is 5. The molecule has 3 heterocycles. The Bertz CT molecular complexity index is 1050. The van der Waals surface area contributed by atoms with Gasteiger partial charge in [-0.3, -0.25) is 19.4 Å². The molecule has 0 aliphatic heterocycles. The van der Waals surface area contributed by atoms with E-state index in [1.807, 2.05) is 61.0 Å². The van der Waals surface area contributed by atoms with Gasteiger partial charge >= 0.3 is 0 Å². The first-order chi connectivity index (χ1) is 13.2. The van der Waals surface area contributed by atoms with Gasteiger partial charge in [0.25, 0.3) is 5.91 Å². The second-order valence-corrected chi connectivity index (χ2v) is 7.21. The molecule has 7 heteroatoms. The van der Waals surface area contributed by atoms with E-state index < -0.39 is 0 Å². The van der Waals surface area contributed by atoms with Crippen LogP contribution in [0.4, 0.5) is 5.13 Å². The van der Waals surface area contributed by atoms with Crippen LogP contribution in [0.2, 0.25) is 0 Å². The summed E-state index contributed by atoms with van der Waals surface area (Å²) >= 11 is 1.50. The number of fused-ring (bicyclic) bond motifs is 1. The van der Waals surface area contributed by atoms with E-state index in [1.165, 1.54) is 11.3 Å². The third-order valence-electron chi connectivity index (χ3n) is 4.32. The molecular formula is C20H19N5OS. The molecule has 0 N–H and O–H groups in total. The minimum atomic E-state index is -0.159. The fraction of sp³-hybridized carbons (Fsp3) is 0.200. The number of carbonyl (C=O) groups excluding carboxylic acids is 1. The first kappa shape index (κ1) is 17.4. The van der Waals surface area contributed by atoms with Crippen molar-refractivity contribution in [3.63, 3.8) is 0 Å². The molecule has 0 unspecified atom stereocenters. The number of anilines is 1. The molecule has 3 aromatic heterocycles. The first-order valence-electron chi connectivity index (χ1n) is 8.76. The number of para-hydroxylation sites is 1. The molecule has 0 atom stereocenters. The van der Waals surface area contributed by atoms with Crippen LogP contribution in [-0.4, -0.2) is 25.7 Å². The molecule has 0 spiro atoms. The lowest BCUT2D eigenvalue weighted by molar-refractivity contribution is 0.0979. The maximum absolute atomic E-state index is 13.3. The molecule has 0 saturated carbocycles. The number of hydrogen-bond donors (Lipinski definition) is 0. The Morgan fingerprint density at radius 1 is 1.22 bits per heavy atom. The Hall–Kier alpha value is -3.06. The Morgan fingerprint density at radius 3 is 2.78 bits per heavy atom. The molecule has 0 saturated heterocycles. The highest BCUT2D eigenvalue weighted by molar-refractivity contribution is 7.22. The van der Waals surface area contributed by atoms with Crippen LogP contribution in [0.3, 0.4) is 0 Å². The minimum absolute atomic E-state index is 0.159. The quantitative estimate of drug-likeness (QED) is 0.526. The molecule has 0 bridgehead atoms. The van der Waals surface area contributed by atoms with E-state index in [1.54, 1.807) is 17.3 Å². The monoisotopic (exact) mass is 377 g/mol. The molecule has 0 fully saturated rings. The van der Waals surface area contributed by atoms with Crippen LogP contribution in [-0.2, 0) is 13.1 Å². The van der Waals surface area contributed by atoms with E-state index in [0.29, 0.717) is 17.4 Å². The van der Waals surface area contributed by atoms with Crippen LogP contribution in [0, 0.1) is 6.92 Å². The van der Waals surface area contributed by atoms with E-state index in [0.717, 1.165) is 28.0 Å². The molecule has 1 amide bonds. The highest BCUT2D eigenvalue weighted by atomic mass is 32.1. The second-order valence-electron chi connectivity index (χ2n) is 6.20. The van der Waals surface area contributed by atoms with Gasteiger partial charge in [-0.25, -0.2) is 4.98 Å². The van der Waals surface area contributed by atoms with E-state index in [-0.39, 0.29) is 5.91 Å². The first-order valence-corrected chi connectivity index (χ1v) is 9.58. The number of benzene rings is 1. The molecule has 136 valence electrons. The maximum Gasteiger partial charge on any atom is 0.280 e. The predicted octanol–water partition coefficient (Wildman–Crippen LogP) is 4.06. The Kier molecular flexibility index (Phi) is 4.68. The summed E-state index contributed by atoms with van der Waals surface area (Å²) in [7, 11) is 0. The summed E-state index contributed by atoms with van der Waals surface area (Å²) in [5, 5.41) is 5.12. The average molecular weight is 377 g/mol. The number of rotatable bonds is 5. The minimum Gasteiger partial charge on any atom is -0.278 e. The van der Waals surface area contributed by atoms with Crippen molar-refractivity contribution < 1.29 is 4.79 Å². The lowest BCUT2D eigenvalue weighted by atomic mass is 10.2. The molecule has 0 aliphatic carbocycles. The molecule has 4 rings (SSSR count). The van der Waals surface area contributed by atoms with Gasteiger partial charge in [-0.2, -0.15) is 5.10 Å². The lowest BCUT2D eigenvalue weighted by Crippen LogP contribution is -2.30. The van der Waals surface area contributed by atoms with Gasteiger partial charge in [0.1, 0.15) is 0 Å². The zero-order chi connectivity index (χ0) is 18.8. The van der Waals surface area contributed by atoms with E-state index in [2.05, 4.69) is 15.1 Å². The van der Waals surface area contributed by atoms with Crippen molar-refractivity contribution in [3.05, 3.63) is 71.8 Å². The van der Waals surface area contributed by atoms with Gasteiger partial charge in [-0.1, -0.05) is 29.5 Å². The van der Waals surface area contributed by atoms with Gasteiger partial charge in [-0.15, -0.1) is 0 Å². The summed E-state index contributed by atoms with van der Waals surface area (Å²) < 4.78 is 2.88. The van der Waals surface area contributed by atoms with Crippen LogP contribution in [0.25, 0.3) is 10.2 Å². The van der Waals surface area contributed by atoms with Gasteiger partial charge in [-0.05, 0) is 43.7 Å². The van der Waals surface area contributed by atoms with Gasteiger partial charge < -0.3 is 0 Å². The molecule has 27 heavy (non-hydrogen) atoms. The fourth-order valence-corrected chi connectivity index (χ4v) is 3.91. The van der Waals surface area contributed by atoms with Crippen LogP contribution in [0.1, 0.15) is 28.7 Å². The van der Waals surface area contributed by atoms with Gasteiger partial charge in [0.05, 0.1) is 16.8 Å². The SMILES string of the molecule is CCn1nc(C(=O)N(Cc2cccnc2)c2nc3ccccc3s2)cc1C. The fourth-order valence-electron chi connectivity index (χ4n) is 2.95. The number of amides is 1. The maximum atomic E-state index is 13.3. The number of pyridine rings is 1. The van der Waals surface area contributed by atoms with E-state index in [4.69, 9.17) is 0 Å². The average Bonchev–Trinajstić information content (AvgIpc) is 3.29. The van der Waals surface area contributed by atoms with Crippen molar-refractivity contribution in [2.24, 2.45) is 0 Å². The lowest BCUT2D eigenvalue weighted by Gasteiger charge is -2.18. The Morgan fingerprint density at radius 2 is 2.07 bits per heavy atom. The summed E-state index contributed by atoms with van der Waals surface area (Å²) in [5.41, 5.74) is 3.22. The second kappa shape index (κ2) is 7.28. The molecule has 6 nitrogen and oxygen atoms in total. The van der Waals surface area contributed by atoms with E-state index >= 15 is 0 Å². The number of aromatic nitrogens is 4. The number of hydrogen-bond acceptors (Lipinski definition) is 5. The number of thiazole rings is 1. The number of aryl methyl sites for hydroxylation is 2. The highest BCUT2D eigenvalue weighted by Crippen LogP contribution is 2.30. The van der Waals surface area contributed by atoms with Crippen LogP contribution in [0.15, 0.2) is 54.9 Å². The normalized spacial score (nSPS) is 11.0. The van der Waals surface area contributed by atoms with Crippen LogP contribution >= 0.6 is 11.3 Å². The standard InChI is InChI=1S/C20H19N5OS/c1-3-25-14(2)11-17(23-25)19(26)24(13-15-7-6-10-21-12-15)20-22-16-8-4-5-9-18(16)27-20/h4-12H,3,13H2,1-2H3. The summed E-state index contributed by atoms with van der Waals surface area (Å²) in [5.74, 6) is -0.159. The van der Waals surface area contributed by atoms with Crippen molar-refractivity contribution in [1.82, 2.24) is 19.7 Å². The predicted molar refractivity (Wildman–Crippen MR) is 107 cm³/mol. The zero-order valence-electron chi connectivity index (χ0n) is 15.2. The Balaban J connectivity index is 1.75. The largest absolute Gasteiger partial charge is 0.280 e. The number of carbonyl (C=O) groups is 1. The summed E-state index contributed by atoms with van der Waals surface area (Å²) in [6.07, 6.45) is 3.49. The van der Waals surface area contributed by atoms with Crippen LogP contribution in [0.5, 0.6) is 0 Å². The van der Waals surface area contributed by atoms with Crippen molar-refractivity contribution in [3.8, 4) is 0 Å². The van der Waals surface area contributed by atoms with Gasteiger partial charge in [0.15, 0.2) is 10.8 Å². The summed E-state index contributed by atoms with van der Waals surface area (Å²) in [4.78, 5) is 23.8. The summed E-state index contributed by atoms with van der Waals surface area (Å²) in [6, 6.07) is 13.5. The van der Waals surface area contributed by atoms with Gasteiger partial charge in [0, 0.05) is 24.6 Å². The Labute approximate surface area is 161 Å². The molecule has 0 radical (unpaired) electrons. The van der Waals surface area contributed by atoms with Crippen molar-refractivity contribution in [2.45, 2.75) is 26.9 Å². The van der Waals surface area contributed by atoms with Crippen molar-refractivity contribution in [1.29, 1.82) is 0 Å². The summed E-state index contributed by atoms with van der Waals surface area (Å²) in [6.45, 7) is 5.08. The third kappa shape index (κ3) is 3.46. The topological polar surface area (TPSA) is 63.9 Å². The zero-order valence-corrected chi connectivity index (χ0v) is 16.0. The molecule has 4 aromatic rings. The molecule has 1 aromatic carbocycles. The van der Waals surface area contributed by atoms with E-state index in [9.17, 15) is 4.79 Å². The smallest absolute Gasteiger partial charge is 0.278 e. The molecule has 0 aliphatic rings.